The zero-order valence-electron chi connectivity index (χ0n) is 14.2. The summed E-state index contributed by atoms with van der Waals surface area (Å²) in [6.07, 6.45) is 1.68. The Hall–Kier alpha value is -3.02. The molecule has 2 heterocycles. The molecule has 128 valence electrons. The van der Waals surface area contributed by atoms with Crippen molar-refractivity contribution >= 4 is 17.7 Å². The number of rotatable bonds is 5. The summed E-state index contributed by atoms with van der Waals surface area (Å²) in [7, 11) is 0. The first-order valence-electron chi connectivity index (χ1n) is 8.05. The average molecular weight is 337 g/mol. The summed E-state index contributed by atoms with van der Waals surface area (Å²) in [5.41, 5.74) is 0.583. The van der Waals surface area contributed by atoms with E-state index in [9.17, 15) is 14.4 Å². The molecule has 3 amide bonds. The van der Waals surface area contributed by atoms with Crippen LogP contribution in [-0.2, 0) is 11.3 Å². The minimum absolute atomic E-state index is 0.0191. The van der Waals surface area contributed by atoms with Gasteiger partial charge in [0.15, 0.2) is 0 Å². The summed E-state index contributed by atoms with van der Waals surface area (Å²) < 4.78 is 0. The second-order valence-electron chi connectivity index (χ2n) is 6.58. The van der Waals surface area contributed by atoms with Crippen molar-refractivity contribution in [2.45, 2.75) is 32.4 Å². The van der Waals surface area contributed by atoms with E-state index >= 15 is 0 Å². The van der Waals surface area contributed by atoms with Crippen LogP contribution in [0, 0.1) is 0 Å². The van der Waals surface area contributed by atoms with Gasteiger partial charge in [0.1, 0.15) is 0 Å². The molecule has 0 atom stereocenters. The summed E-state index contributed by atoms with van der Waals surface area (Å²) in [6.45, 7) is 3.74. The molecule has 0 saturated carbocycles. The predicted octanol–water partition coefficient (Wildman–Crippen LogP) is 2.16. The third-order valence-corrected chi connectivity index (χ3v) is 4.19. The Morgan fingerprint density at radius 3 is 2.20 bits per heavy atom. The van der Waals surface area contributed by atoms with Crippen LogP contribution in [0.25, 0.3) is 0 Å². The standard InChI is InChI=1S/C19H19N3O3/c1-19(2,11-16(23)21-12-13-7-5-6-10-20-13)22-17(24)14-8-3-4-9-15(14)18(22)25/h3-10H,11-12H2,1-2H3,(H,21,23). The maximum atomic E-state index is 12.6. The smallest absolute Gasteiger partial charge is 0.262 e. The highest BCUT2D eigenvalue weighted by molar-refractivity contribution is 6.22. The van der Waals surface area contributed by atoms with Crippen LogP contribution in [0.1, 0.15) is 46.7 Å². The molecule has 0 radical (unpaired) electrons. The van der Waals surface area contributed by atoms with Crippen LogP contribution in [0.5, 0.6) is 0 Å². The number of hydrogen-bond donors (Lipinski definition) is 1. The molecule has 25 heavy (non-hydrogen) atoms. The van der Waals surface area contributed by atoms with Gasteiger partial charge in [0, 0.05) is 12.6 Å². The molecule has 3 rings (SSSR count). The molecule has 1 aliphatic heterocycles. The molecule has 6 heteroatoms. The molecule has 0 bridgehead atoms. The van der Waals surface area contributed by atoms with E-state index in [1.807, 2.05) is 12.1 Å². The summed E-state index contributed by atoms with van der Waals surface area (Å²) in [6, 6.07) is 12.2. The number of amides is 3. The number of imide groups is 1. The van der Waals surface area contributed by atoms with E-state index in [-0.39, 0.29) is 24.1 Å². The van der Waals surface area contributed by atoms with E-state index in [0.717, 1.165) is 5.69 Å². The highest BCUT2D eigenvalue weighted by atomic mass is 16.2. The van der Waals surface area contributed by atoms with Gasteiger partial charge in [0.2, 0.25) is 5.91 Å². The Morgan fingerprint density at radius 2 is 1.64 bits per heavy atom. The molecule has 0 spiro atoms. The maximum Gasteiger partial charge on any atom is 0.262 e. The lowest BCUT2D eigenvalue weighted by Crippen LogP contribution is -2.50. The van der Waals surface area contributed by atoms with Crippen molar-refractivity contribution in [2.75, 3.05) is 0 Å². The number of pyridine rings is 1. The Labute approximate surface area is 145 Å². The maximum absolute atomic E-state index is 12.6. The topological polar surface area (TPSA) is 79.4 Å². The minimum atomic E-state index is -0.929. The summed E-state index contributed by atoms with van der Waals surface area (Å²) in [4.78, 5) is 42.8. The van der Waals surface area contributed by atoms with Crippen molar-refractivity contribution in [1.29, 1.82) is 0 Å². The molecule has 2 aromatic rings. The van der Waals surface area contributed by atoms with Crippen LogP contribution in [0.2, 0.25) is 0 Å². The first-order chi connectivity index (χ1) is 11.9. The third kappa shape index (κ3) is 3.28. The fourth-order valence-corrected chi connectivity index (χ4v) is 2.97. The van der Waals surface area contributed by atoms with Crippen LogP contribution in [-0.4, -0.2) is 33.1 Å². The molecule has 1 aromatic heterocycles. The Balaban J connectivity index is 1.69. The number of carbonyl (C=O) groups is 3. The number of nitrogens with one attached hydrogen (secondary N) is 1. The Kier molecular flexibility index (Phi) is 4.35. The van der Waals surface area contributed by atoms with E-state index in [4.69, 9.17) is 0 Å². The lowest BCUT2D eigenvalue weighted by atomic mass is 9.97. The molecule has 0 unspecified atom stereocenters. The second-order valence-corrected chi connectivity index (χ2v) is 6.58. The second kappa shape index (κ2) is 6.47. The summed E-state index contributed by atoms with van der Waals surface area (Å²) in [5, 5.41) is 2.78. The van der Waals surface area contributed by atoms with E-state index in [0.29, 0.717) is 17.7 Å². The van der Waals surface area contributed by atoms with Crippen molar-refractivity contribution in [2.24, 2.45) is 0 Å². The molecule has 0 aliphatic carbocycles. The van der Waals surface area contributed by atoms with Gasteiger partial charge in [-0.25, -0.2) is 0 Å². The normalized spacial score (nSPS) is 13.8. The van der Waals surface area contributed by atoms with Gasteiger partial charge in [0.05, 0.1) is 28.9 Å². The molecular weight excluding hydrogens is 318 g/mol. The number of aromatic nitrogens is 1. The monoisotopic (exact) mass is 337 g/mol. The van der Waals surface area contributed by atoms with Crippen molar-refractivity contribution in [3.05, 3.63) is 65.5 Å². The van der Waals surface area contributed by atoms with E-state index < -0.39 is 5.54 Å². The quantitative estimate of drug-likeness (QED) is 0.848. The van der Waals surface area contributed by atoms with E-state index in [2.05, 4.69) is 10.3 Å². The van der Waals surface area contributed by atoms with Crippen LogP contribution < -0.4 is 5.32 Å². The Morgan fingerprint density at radius 1 is 1.04 bits per heavy atom. The predicted molar refractivity (Wildman–Crippen MR) is 91.7 cm³/mol. The zero-order valence-corrected chi connectivity index (χ0v) is 14.2. The number of carbonyl (C=O) groups excluding carboxylic acids is 3. The van der Waals surface area contributed by atoms with Crippen molar-refractivity contribution < 1.29 is 14.4 Å². The van der Waals surface area contributed by atoms with Gasteiger partial charge in [0.25, 0.3) is 11.8 Å². The van der Waals surface area contributed by atoms with Gasteiger partial charge in [-0.2, -0.15) is 0 Å². The molecule has 0 saturated heterocycles. The average Bonchev–Trinajstić information content (AvgIpc) is 2.86. The SMILES string of the molecule is CC(C)(CC(=O)NCc1ccccn1)N1C(=O)c2ccccc2C1=O. The molecule has 1 N–H and O–H groups in total. The van der Waals surface area contributed by atoms with E-state index in [1.165, 1.54) is 4.90 Å². The number of benzene rings is 1. The lowest BCUT2D eigenvalue weighted by molar-refractivity contribution is -0.123. The van der Waals surface area contributed by atoms with Crippen molar-refractivity contribution in [3.8, 4) is 0 Å². The van der Waals surface area contributed by atoms with E-state index in [1.54, 1.807) is 50.4 Å². The highest BCUT2D eigenvalue weighted by Crippen LogP contribution is 2.31. The fourth-order valence-electron chi connectivity index (χ4n) is 2.97. The Bertz CT molecular complexity index is 796. The molecular formula is C19H19N3O3. The van der Waals surface area contributed by atoms with Gasteiger partial charge >= 0.3 is 0 Å². The summed E-state index contributed by atoms with van der Waals surface area (Å²) in [5.74, 6) is -0.960. The minimum Gasteiger partial charge on any atom is -0.350 e. The first kappa shape index (κ1) is 16.8. The number of hydrogen-bond acceptors (Lipinski definition) is 4. The van der Waals surface area contributed by atoms with Crippen LogP contribution in [0.15, 0.2) is 48.7 Å². The number of fused-ring (bicyclic) bond motifs is 1. The highest BCUT2D eigenvalue weighted by Gasteiger charge is 2.44. The van der Waals surface area contributed by atoms with Crippen LogP contribution >= 0.6 is 0 Å². The van der Waals surface area contributed by atoms with Gasteiger partial charge in [-0.15, -0.1) is 0 Å². The van der Waals surface area contributed by atoms with Gasteiger partial charge in [-0.05, 0) is 38.1 Å². The summed E-state index contributed by atoms with van der Waals surface area (Å²) >= 11 is 0. The fraction of sp³-hybridized carbons (Fsp3) is 0.263. The molecule has 6 nitrogen and oxygen atoms in total. The lowest BCUT2D eigenvalue weighted by Gasteiger charge is -2.33. The van der Waals surface area contributed by atoms with Gasteiger partial charge in [-0.3, -0.25) is 24.3 Å². The van der Waals surface area contributed by atoms with Gasteiger partial charge < -0.3 is 5.32 Å². The zero-order chi connectivity index (χ0) is 18.0. The first-order valence-corrected chi connectivity index (χ1v) is 8.05. The van der Waals surface area contributed by atoms with Crippen LogP contribution in [0.4, 0.5) is 0 Å². The number of nitrogens with zero attached hydrogens (tertiary/aromatic N) is 2. The largest absolute Gasteiger partial charge is 0.350 e. The molecule has 1 aromatic carbocycles. The third-order valence-electron chi connectivity index (χ3n) is 4.19. The van der Waals surface area contributed by atoms with Crippen molar-refractivity contribution in [1.82, 2.24) is 15.2 Å². The molecule has 0 fully saturated rings. The van der Waals surface area contributed by atoms with Crippen molar-refractivity contribution in [3.63, 3.8) is 0 Å². The van der Waals surface area contributed by atoms with Crippen LogP contribution in [0.3, 0.4) is 0 Å². The van der Waals surface area contributed by atoms with Gasteiger partial charge in [-0.1, -0.05) is 18.2 Å². The molecule has 1 aliphatic rings.